The second-order valence-corrected chi connectivity index (χ2v) is 12.9. The molecular weight excluding hydrogens is 541 g/mol. The summed E-state index contributed by atoms with van der Waals surface area (Å²) in [6, 6.07) is 2.75. The molecule has 1 aliphatic carbocycles. The van der Waals surface area contributed by atoms with Crippen molar-refractivity contribution >= 4 is 44.4 Å². The molecule has 11 heteroatoms. The van der Waals surface area contributed by atoms with Crippen molar-refractivity contribution in [2.75, 3.05) is 12.0 Å². The molecule has 8 nitrogen and oxygen atoms in total. The molecule has 0 radical (unpaired) electrons. The van der Waals surface area contributed by atoms with Gasteiger partial charge < -0.3 is 19.7 Å². The summed E-state index contributed by atoms with van der Waals surface area (Å²) in [6.45, 7) is 3.42. The Morgan fingerprint density at radius 1 is 1.31 bits per heavy atom. The lowest BCUT2D eigenvalue weighted by Crippen LogP contribution is -2.44. The molecule has 0 saturated carbocycles. The maximum atomic E-state index is 15.0. The number of carbonyl (C=O) groups is 2. The Morgan fingerprint density at radius 2 is 2.10 bits per heavy atom. The van der Waals surface area contributed by atoms with E-state index in [4.69, 9.17) is 9.72 Å². The van der Waals surface area contributed by atoms with Gasteiger partial charge in [-0.15, -0.1) is 0 Å². The normalized spacial score (nSPS) is 20.8. The van der Waals surface area contributed by atoms with Crippen LogP contribution in [0.15, 0.2) is 16.9 Å². The number of aryl methyl sites for hydroxylation is 1. The number of nitrogens with zero attached hydrogens (tertiary/aromatic N) is 2. The van der Waals surface area contributed by atoms with Crippen LogP contribution in [0.3, 0.4) is 0 Å². The highest BCUT2D eigenvalue weighted by molar-refractivity contribution is 8.76. The lowest BCUT2D eigenvalue weighted by atomic mass is 9.81. The number of hydrogen-bond acceptors (Lipinski definition) is 8. The zero-order chi connectivity index (χ0) is 27.6. The summed E-state index contributed by atoms with van der Waals surface area (Å²) >= 11 is 0. The molecule has 6 rings (SSSR count). The van der Waals surface area contributed by atoms with Crippen LogP contribution in [-0.2, 0) is 39.5 Å². The molecule has 204 valence electrons. The van der Waals surface area contributed by atoms with Crippen LogP contribution in [0.5, 0.6) is 0 Å². The third-order valence-corrected chi connectivity index (χ3v) is 10.1. The van der Waals surface area contributed by atoms with Gasteiger partial charge in [0, 0.05) is 34.8 Å². The van der Waals surface area contributed by atoms with Crippen molar-refractivity contribution in [3.05, 3.63) is 61.7 Å². The molecule has 0 saturated heterocycles. The van der Waals surface area contributed by atoms with Gasteiger partial charge in [-0.25, -0.2) is 14.2 Å². The van der Waals surface area contributed by atoms with Gasteiger partial charge in [0.15, 0.2) is 5.60 Å². The van der Waals surface area contributed by atoms with Crippen LogP contribution in [-0.4, -0.2) is 38.5 Å². The minimum Gasteiger partial charge on any atom is -0.458 e. The van der Waals surface area contributed by atoms with Crippen LogP contribution >= 0.6 is 21.6 Å². The number of fused-ring (bicyclic) bond motifs is 5. The number of esters is 1. The number of halogens is 1. The van der Waals surface area contributed by atoms with Crippen molar-refractivity contribution in [1.29, 1.82) is 0 Å². The summed E-state index contributed by atoms with van der Waals surface area (Å²) in [7, 11) is 3.24. The molecule has 2 aliphatic heterocycles. The number of aliphatic hydroxyl groups is 1. The van der Waals surface area contributed by atoms with E-state index in [1.807, 2.05) is 6.26 Å². The molecular formula is C28H28FN3O5S2. The van der Waals surface area contributed by atoms with Crippen molar-refractivity contribution in [2.24, 2.45) is 0 Å². The molecule has 1 aromatic carbocycles. The van der Waals surface area contributed by atoms with Gasteiger partial charge in [0.05, 0.1) is 35.1 Å². The molecule has 39 heavy (non-hydrogen) atoms. The van der Waals surface area contributed by atoms with Gasteiger partial charge in [0.2, 0.25) is 5.91 Å². The van der Waals surface area contributed by atoms with Crippen molar-refractivity contribution in [3.63, 3.8) is 0 Å². The van der Waals surface area contributed by atoms with Crippen LogP contribution in [0, 0.1) is 12.7 Å². The summed E-state index contributed by atoms with van der Waals surface area (Å²) in [5.41, 5.74) is 2.71. The molecule has 1 amide bonds. The van der Waals surface area contributed by atoms with Crippen LogP contribution in [0.1, 0.15) is 65.6 Å². The van der Waals surface area contributed by atoms with E-state index < -0.39 is 11.6 Å². The summed E-state index contributed by atoms with van der Waals surface area (Å²) in [6.07, 6.45) is 3.59. The average molecular weight is 570 g/mol. The Hall–Kier alpha value is -2.89. The Balaban J connectivity index is 1.56. The van der Waals surface area contributed by atoms with Gasteiger partial charge >= 0.3 is 5.97 Å². The van der Waals surface area contributed by atoms with Gasteiger partial charge in [0.25, 0.3) is 5.56 Å². The molecule has 4 heterocycles. The fourth-order valence-corrected chi connectivity index (χ4v) is 7.37. The minimum absolute atomic E-state index is 0.0434. The Morgan fingerprint density at radius 3 is 2.85 bits per heavy atom. The summed E-state index contributed by atoms with van der Waals surface area (Å²) in [5.74, 6) is -0.505. The summed E-state index contributed by atoms with van der Waals surface area (Å²) in [5, 5.41) is 15.2. The van der Waals surface area contributed by atoms with E-state index in [1.165, 1.54) is 6.07 Å². The number of ether oxygens (including phenoxy) is 1. The van der Waals surface area contributed by atoms with Crippen molar-refractivity contribution in [3.8, 4) is 11.4 Å². The van der Waals surface area contributed by atoms with E-state index in [2.05, 4.69) is 5.32 Å². The second kappa shape index (κ2) is 9.64. The molecule has 0 spiro atoms. The molecule has 2 aromatic heterocycles. The highest BCUT2D eigenvalue weighted by Crippen LogP contribution is 2.46. The van der Waals surface area contributed by atoms with E-state index >= 15 is 4.39 Å². The highest BCUT2D eigenvalue weighted by atomic mass is 33.1. The zero-order valence-electron chi connectivity index (χ0n) is 21.9. The first-order valence-corrected chi connectivity index (χ1v) is 15.7. The number of carbonyl (C=O) groups excluding carboxylic acids is 2. The molecule has 2 N–H and O–H groups in total. The first kappa shape index (κ1) is 26.3. The number of benzene rings is 1. The Bertz CT molecular complexity index is 1640. The van der Waals surface area contributed by atoms with Gasteiger partial charge in [-0.3, -0.25) is 9.59 Å². The fourth-order valence-electron chi connectivity index (χ4n) is 6.18. The van der Waals surface area contributed by atoms with Gasteiger partial charge in [-0.2, -0.15) is 0 Å². The molecule has 3 aliphatic rings. The van der Waals surface area contributed by atoms with Crippen molar-refractivity contribution < 1.29 is 23.8 Å². The Labute approximate surface area is 232 Å². The fraction of sp³-hybridized carbons (Fsp3) is 0.429. The first-order valence-electron chi connectivity index (χ1n) is 13.0. The standard InChI is InChI=1S/C28H28FN3O5S2/c1-4-28(36)17-9-21-25-15(11-32(21)26(34)16(17)12-37-27(28)35)24-19(30-22(33)7-8-39-38-3)6-5-14-13(2)18(29)10-20(31-25)23(14)24/h9-10,19,36H,4-8,11-12H2,1-3H3,(H,30,33)/t19-,28-/m0/s1. The largest absolute Gasteiger partial charge is 0.458 e. The number of cyclic esters (lactones) is 1. The van der Waals surface area contributed by atoms with Gasteiger partial charge in [0.1, 0.15) is 12.4 Å². The number of nitrogens with one attached hydrogen (secondary N) is 1. The summed E-state index contributed by atoms with van der Waals surface area (Å²) in [4.78, 5) is 43.9. The van der Waals surface area contributed by atoms with E-state index in [0.717, 1.165) is 22.1 Å². The first-order chi connectivity index (χ1) is 18.7. The minimum atomic E-state index is -1.93. The van der Waals surface area contributed by atoms with Crippen LogP contribution < -0.4 is 10.9 Å². The molecule has 3 aromatic rings. The predicted molar refractivity (Wildman–Crippen MR) is 149 cm³/mol. The van der Waals surface area contributed by atoms with Gasteiger partial charge in [-0.05, 0) is 55.2 Å². The van der Waals surface area contributed by atoms with E-state index in [0.29, 0.717) is 47.5 Å². The monoisotopic (exact) mass is 569 g/mol. The number of aromatic nitrogens is 2. The number of rotatable bonds is 6. The maximum absolute atomic E-state index is 15.0. The highest BCUT2D eigenvalue weighted by Gasteiger charge is 2.46. The maximum Gasteiger partial charge on any atom is 0.343 e. The molecule has 0 unspecified atom stereocenters. The van der Waals surface area contributed by atoms with E-state index in [1.54, 1.807) is 46.1 Å². The van der Waals surface area contributed by atoms with Crippen LogP contribution in [0.2, 0.25) is 0 Å². The third-order valence-electron chi connectivity index (χ3n) is 8.24. The lowest BCUT2D eigenvalue weighted by Gasteiger charge is -2.31. The lowest BCUT2D eigenvalue weighted by molar-refractivity contribution is -0.172. The zero-order valence-corrected chi connectivity index (χ0v) is 23.5. The second-order valence-electron chi connectivity index (χ2n) is 10.2. The number of hydrogen-bond donors (Lipinski definition) is 2. The average Bonchev–Trinajstić information content (AvgIpc) is 3.29. The quantitative estimate of drug-likeness (QED) is 0.204. The predicted octanol–water partition coefficient (Wildman–Crippen LogP) is 4.03. The van der Waals surface area contributed by atoms with Gasteiger partial charge in [-0.1, -0.05) is 28.5 Å². The summed E-state index contributed by atoms with van der Waals surface area (Å²) < 4.78 is 21.8. The van der Waals surface area contributed by atoms with Crippen molar-refractivity contribution in [1.82, 2.24) is 14.9 Å². The number of amides is 1. The number of pyridine rings is 2. The van der Waals surface area contributed by atoms with Crippen LogP contribution in [0.4, 0.5) is 4.39 Å². The SMILES string of the molecule is CC[C@@]1(O)C(=O)OCc2c1cc1n(c2=O)Cc2c-1nc1cc(F)c(C)c3c1c2[C@@H](NC(=O)CCSSC)CC3. The van der Waals surface area contributed by atoms with E-state index in [-0.39, 0.29) is 54.0 Å². The third kappa shape index (κ3) is 3.92. The van der Waals surface area contributed by atoms with Crippen molar-refractivity contribution in [2.45, 2.75) is 64.3 Å². The topological polar surface area (TPSA) is 111 Å². The van der Waals surface area contributed by atoms with E-state index in [9.17, 15) is 19.5 Å². The van der Waals surface area contributed by atoms with Crippen LogP contribution in [0.25, 0.3) is 22.3 Å². The molecule has 0 bridgehead atoms. The molecule has 0 fully saturated rings. The molecule has 2 atom stereocenters. The smallest absolute Gasteiger partial charge is 0.343 e. The Kier molecular flexibility index (Phi) is 6.51.